The molecule has 0 amide bonds. The zero-order valence-corrected chi connectivity index (χ0v) is 10.1. The van der Waals surface area contributed by atoms with Crippen LogP contribution >= 0.6 is 11.8 Å². The molecule has 3 nitrogen and oxygen atoms in total. The van der Waals surface area contributed by atoms with E-state index >= 15 is 0 Å². The Kier molecular flexibility index (Phi) is 3.70. The molecule has 1 aromatic rings. The summed E-state index contributed by atoms with van der Waals surface area (Å²) in [6, 6.07) is 0. The van der Waals surface area contributed by atoms with Crippen molar-refractivity contribution in [2.24, 2.45) is 0 Å². The van der Waals surface area contributed by atoms with Crippen LogP contribution in [0.1, 0.15) is 31.4 Å². The van der Waals surface area contributed by atoms with Gasteiger partial charge >= 0.3 is 0 Å². The third-order valence-electron chi connectivity index (χ3n) is 3.27. The molecular formula is C11H19N3S. The van der Waals surface area contributed by atoms with Gasteiger partial charge in [0.2, 0.25) is 0 Å². The predicted octanol–water partition coefficient (Wildman–Crippen LogP) is 2.18. The first-order chi connectivity index (χ1) is 7.35. The number of rotatable bonds is 5. The number of hydrogen-bond acceptors (Lipinski definition) is 3. The molecule has 1 heterocycles. The number of H-pyrrole nitrogens is 1. The van der Waals surface area contributed by atoms with Crippen LogP contribution in [0.5, 0.6) is 0 Å². The minimum atomic E-state index is 0.500. The monoisotopic (exact) mass is 225 g/mol. The molecule has 1 saturated carbocycles. The maximum Gasteiger partial charge on any atom is 0.0922 e. The molecule has 2 rings (SSSR count). The average Bonchev–Trinajstić information content (AvgIpc) is 2.89. The van der Waals surface area contributed by atoms with Crippen LogP contribution in [-0.4, -0.2) is 27.5 Å². The van der Waals surface area contributed by atoms with Crippen LogP contribution in [0.3, 0.4) is 0 Å². The molecule has 0 aliphatic heterocycles. The lowest BCUT2D eigenvalue weighted by atomic mass is 10.1. The summed E-state index contributed by atoms with van der Waals surface area (Å²) in [5, 5.41) is 3.53. The summed E-state index contributed by atoms with van der Waals surface area (Å²) in [5.41, 5.74) is 1.17. The summed E-state index contributed by atoms with van der Waals surface area (Å²) in [6.07, 6.45) is 11.4. The molecular weight excluding hydrogens is 206 g/mol. The summed E-state index contributed by atoms with van der Waals surface area (Å²) in [6.45, 7) is 2.02. The highest BCUT2D eigenvalue weighted by Crippen LogP contribution is 2.39. The number of imidazole rings is 1. The predicted molar refractivity (Wildman–Crippen MR) is 65.0 cm³/mol. The lowest BCUT2D eigenvalue weighted by Crippen LogP contribution is -2.34. The van der Waals surface area contributed by atoms with Gasteiger partial charge in [-0.2, -0.15) is 11.8 Å². The minimum Gasteiger partial charge on any atom is -0.347 e. The smallest absolute Gasteiger partial charge is 0.0922 e. The Balaban J connectivity index is 1.77. The van der Waals surface area contributed by atoms with Crippen LogP contribution in [0.2, 0.25) is 0 Å². The Morgan fingerprint density at radius 2 is 2.33 bits per heavy atom. The lowest BCUT2D eigenvalue weighted by Gasteiger charge is -2.26. The molecule has 1 aromatic heterocycles. The van der Waals surface area contributed by atoms with Crippen molar-refractivity contribution < 1.29 is 0 Å². The highest BCUT2D eigenvalue weighted by molar-refractivity contribution is 8.00. The van der Waals surface area contributed by atoms with Crippen LogP contribution in [0.4, 0.5) is 0 Å². The van der Waals surface area contributed by atoms with E-state index in [1.165, 1.54) is 31.4 Å². The summed E-state index contributed by atoms with van der Waals surface area (Å²) >= 11 is 2.03. The molecule has 0 saturated heterocycles. The normalized spacial score (nSPS) is 19.5. The fourth-order valence-corrected chi connectivity index (χ4v) is 3.22. The van der Waals surface area contributed by atoms with Gasteiger partial charge in [-0.05, 0) is 19.1 Å². The molecule has 84 valence electrons. The van der Waals surface area contributed by atoms with Gasteiger partial charge in [0, 0.05) is 29.7 Å². The van der Waals surface area contributed by atoms with E-state index < -0.39 is 0 Å². The van der Waals surface area contributed by atoms with E-state index in [1.54, 1.807) is 6.33 Å². The van der Waals surface area contributed by atoms with Gasteiger partial charge in [0.1, 0.15) is 0 Å². The van der Waals surface area contributed by atoms with Gasteiger partial charge in [-0.1, -0.05) is 12.8 Å². The quantitative estimate of drug-likeness (QED) is 0.807. The van der Waals surface area contributed by atoms with E-state index in [2.05, 4.69) is 21.5 Å². The van der Waals surface area contributed by atoms with Crippen molar-refractivity contribution in [2.45, 2.75) is 37.0 Å². The maximum absolute atomic E-state index is 4.01. The number of hydrogen-bond donors (Lipinski definition) is 2. The fourth-order valence-electron chi connectivity index (χ4n) is 2.28. The molecule has 0 aromatic carbocycles. The second-order valence-corrected chi connectivity index (χ2v) is 5.55. The molecule has 0 unspecified atom stereocenters. The Labute approximate surface area is 95.4 Å². The molecule has 1 aliphatic carbocycles. The van der Waals surface area contributed by atoms with Crippen molar-refractivity contribution in [1.82, 2.24) is 15.3 Å². The average molecular weight is 225 g/mol. The van der Waals surface area contributed by atoms with Gasteiger partial charge in [-0.15, -0.1) is 0 Å². The largest absolute Gasteiger partial charge is 0.347 e. The topological polar surface area (TPSA) is 40.7 Å². The van der Waals surface area contributed by atoms with E-state index in [-0.39, 0.29) is 0 Å². The van der Waals surface area contributed by atoms with Crippen molar-refractivity contribution in [1.29, 1.82) is 0 Å². The lowest BCUT2D eigenvalue weighted by molar-refractivity contribution is 0.531. The van der Waals surface area contributed by atoms with Crippen LogP contribution in [0, 0.1) is 0 Å². The van der Waals surface area contributed by atoms with Gasteiger partial charge in [0.15, 0.2) is 0 Å². The van der Waals surface area contributed by atoms with Crippen LogP contribution in [-0.2, 0) is 6.54 Å². The first kappa shape index (κ1) is 11.0. The molecule has 0 atom stereocenters. The molecule has 0 bridgehead atoms. The van der Waals surface area contributed by atoms with Crippen molar-refractivity contribution in [2.75, 3.05) is 12.8 Å². The number of nitrogens with one attached hydrogen (secondary N) is 2. The summed E-state index contributed by atoms with van der Waals surface area (Å²) in [7, 11) is 0. The van der Waals surface area contributed by atoms with Crippen LogP contribution < -0.4 is 5.32 Å². The molecule has 2 N–H and O–H groups in total. The first-order valence-electron chi connectivity index (χ1n) is 5.58. The zero-order chi connectivity index (χ0) is 10.6. The number of aromatic amines is 1. The van der Waals surface area contributed by atoms with E-state index in [9.17, 15) is 0 Å². The highest BCUT2D eigenvalue weighted by Gasteiger charge is 2.32. The second-order valence-electron chi connectivity index (χ2n) is 4.27. The van der Waals surface area contributed by atoms with Gasteiger partial charge in [0.25, 0.3) is 0 Å². The SMILES string of the molecule is CSC1(CNCc2cnc[nH]2)CCCC1. The Hall–Kier alpha value is -0.480. The van der Waals surface area contributed by atoms with Crippen molar-refractivity contribution >= 4 is 11.8 Å². The van der Waals surface area contributed by atoms with Crippen LogP contribution in [0.25, 0.3) is 0 Å². The third kappa shape index (κ3) is 2.75. The highest BCUT2D eigenvalue weighted by atomic mass is 32.2. The van der Waals surface area contributed by atoms with Gasteiger partial charge in [-0.25, -0.2) is 4.98 Å². The third-order valence-corrected chi connectivity index (χ3v) is 4.68. The molecule has 15 heavy (non-hydrogen) atoms. The molecule has 0 radical (unpaired) electrons. The summed E-state index contributed by atoms with van der Waals surface area (Å²) in [5.74, 6) is 0. The second kappa shape index (κ2) is 5.03. The summed E-state index contributed by atoms with van der Waals surface area (Å²) in [4.78, 5) is 7.12. The van der Waals surface area contributed by atoms with Gasteiger partial charge in [0.05, 0.1) is 6.33 Å². The standard InChI is InChI=1S/C11H19N3S/c1-15-11(4-2-3-5-11)8-12-6-10-7-13-9-14-10/h7,9,12H,2-6,8H2,1H3,(H,13,14). The zero-order valence-electron chi connectivity index (χ0n) is 9.25. The van der Waals surface area contributed by atoms with E-state index in [0.717, 1.165) is 13.1 Å². The van der Waals surface area contributed by atoms with E-state index in [0.29, 0.717) is 4.75 Å². The van der Waals surface area contributed by atoms with E-state index in [4.69, 9.17) is 0 Å². The molecule has 0 spiro atoms. The molecule has 4 heteroatoms. The molecule has 1 fully saturated rings. The Morgan fingerprint density at radius 3 is 2.93 bits per heavy atom. The van der Waals surface area contributed by atoms with Gasteiger partial charge in [-0.3, -0.25) is 0 Å². The number of nitrogens with zero attached hydrogens (tertiary/aromatic N) is 1. The van der Waals surface area contributed by atoms with Crippen molar-refractivity contribution in [3.8, 4) is 0 Å². The maximum atomic E-state index is 4.01. The van der Waals surface area contributed by atoms with Crippen molar-refractivity contribution in [3.05, 3.63) is 18.2 Å². The number of aromatic nitrogens is 2. The minimum absolute atomic E-state index is 0.500. The van der Waals surface area contributed by atoms with Gasteiger partial charge < -0.3 is 10.3 Å². The molecule has 1 aliphatic rings. The fraction of sp³-hybridized carbons (Fsp3) is 0.727. The van der Waals surface area contributed by atoms with Crippen LogP contribution in [0.15, 0.2) is 12.5 Å². The Bertz CT molecular complexity index is 278. The van der Waals surface area contributed by atoms with E-state index in [1.807, 2.05) is 18.0 Å². The number of thioether (sulfide) groups is 1. The first-order valence-corrected chi connectivity index (χ1v) is 6.80. The Morgan fingerprint density at radius 1 is 1.53 bits per heavy atom. The summed E-state index contributed by atoms with van der Waals surface area (Å²) < 4.78 is 0.500. The van der Waals surface area contributed by atoms with Crippen molar-refractivity contribution in [3.63, 3.8) is 0 Å².